The zero-order valence-electron chi connectivity index (χ0n) is 13.2. The Balaban J connectivity index is 1.68. The average Bonchev–Trinajstić information content (AvgIpc) is 2.98. The number of carbonyl (C=O) groups excluding carboxylic acids is 2. The minimum Gasteiger partial charge on any atom is -0.321 e. The van der Waals surface area contributed by atoms with Gasteiger partial charge in [-0.1, -0.05) is 12.1 Å². The molecule has 0 aliphatic carbocycles. The largest absolute Gasteiger partial charge is 0.321 e. The number of hydrazine groups is 1. The Morgan fingerprint density at radius 1 is 1.04 bits per heavy atom. The number of hydrogen-bond donors (Lipinski definition) is 3. The molecule has 1 aliphatic rings. The Labute approximate surface area is 148 Å². The lowest BCUT2D eigenvalue weighted by Gasteiger charge is -2.11. The second-order valence-corrected chi connectivity index (χ2v) is 7.24. The van der Waals surface area contributed by atoms with E-state index in [2.05, 4.69) is 20.6 Å². The maximum Gasteiger partial charge on any atom is 0.266 e. The summed E-state index contributed by atoms with van der Waals surface area (Å²) in [5.41, 5.74) is 3.40. The molecule has 130 valence electrons. The van der Waals surface area contributed by atoms with Crippen LogP contribution in [0.5, 0.6) is 0 Å². The normalized spacial score (nSPS) is 12.8. The molecule has 2 aromatic carbocycles. The predicted molar refractivity (Wildman–Crippen MR) is 93.9 cm³/mol. The summed E-state index contributed by atoms with van der Waals surface area (Å²) in [6.45, 7) is 0. The minimum atomic E-state index is -4.05. The maximum atomic E-state index is 12.7. The van der Waals surface area contributed by atoms with Gasteiger partial charge in [0.2, 0.25) is 0 Å². The van der Waals surface area contributed by atoms with Gasteiger partial charge < -0.3 is 5.32 Å². The van der Waals surface area contributed by atoms with Gasteiger partial charge in [0.15, 0.2) is 0 Å². The van der Waals surface area contributed by atoms with Crippen molar-refractivity contribution in [3.63, 3.8) is 0 Å². The van der Waals surface area contributed by atoms with E-state index in [0.29, 0.717) is 22.0 Å². The Morgan fingerprint density at radius 3 is 2.58 bits per heavy atom. The number of sulfonamides is 1. The lowest BCUT2D eigenvalue weighted by atomic mass is 10.1. The van der Waals surface area contributed by atoms with E-state index in [1.54, 1.807) is 18.2 Å². The highest BCUT2D eigenvalue weighted by Gasteiger charge is 2.26. The van der Waals surface area contributed by atoms with E-state index in [9.17, 15) is 18.0 Å². The number of carbonyl (C=O) groups is 2. The van der Waals surface area contributed by atoms with E-state index in [0.717, 1.165) is 0 Å². The molecule has 26 heavy (non-hydrogen) atoms. The summed E-state index contributed by atoms with van der Waals surface area (Å²) in [5.74, 6) is -0.891. The molecule has 0 saturated carbocycles. The number of aromatic nitrogens is 1. The number of anilines is 1. The molecule has 1 aromatic heterocycles. The van der Waals surface area contributed by atoms with Crippen molar-refractivity contribution in [2.45, 2.75) is 4.90 Å². The number of pyridine rings is 1. The molecule has 1 aliphatic heterocycles. The molecule has 8 nitrogen and oxygen atoms in total. The van der Waals surface area contributed by atoms with Crippen LogP contribution >= 0.6 is 0 Å². The van der Waals surface area contributed by atoms with E-state index in [4.69, 9.17) is 0 Å². The predicted octanol–water partition coefficient (Wildman–Crippen LogP) is 1.42. The first kappa shape index (κ1) is 16.2. The Bertz CT molecular complexity index is 1160. The molecule has 0 bridgehead atoms. The zero-order chi connectivity index (χ0) is 18.3. The van der Waals surface area contributed by atoms with E-state index in [1.807, 2.05) is 0 Å². The second kappa shape index (κ2) is 5.90. The van der Waals surface area contributed by atoms with Crippen LogP contribution in [-0.2, 0) is 10.0 Å². The molecule has 3 aromatic rings. The fraction of sp³-hybridized carbons (Fsp3) is 0. The van der Waals surface area contributed by atoms with Gasteiger partial charge in [-0.2, -0.15) is 0 Å². The number of rotatable bonds is 4. The smallest absolute Gasteiger partial charge is 0.266 e. The molecular weight excluding hydrogens is 356 g/mol. The monoisotopic (exact) mass is 368 g/mol. The van der Waals surface area contributed by atoms with Crippen molar-refractivity contribution >= 4 is 38.3 Å². The maximum absolute atomic E-state index is 12.7. The van der Waals surface area contributed by atoms with Gasteiger partial charge in [-0.15, -0.1) is 4.83 Å². The van der Waals surface area contributed by atoms with E-state index in [1.165, 1.54) is 36.7 Å². The van der Waals surface area contributed by atoms with Crippen LogP contribution in [0, 0.1) is 0 Å². The number of hydrogen-bond acceptors (Lipinski definition) is 5. The van der Waals surface area contributed by atoms with Crippen LogP contribution in [-0.4, -0.2) is 25.2 Å². The van der Waals surface area contributed by atoms with Crippen LogP contribution < -0.4 is 15.6 Å². The molecule has 0 unspecified atom stereocenters. The van der Waals surface area contributed by atoms with Crippen LogP contribution in [0.15, 0.2) is 59.8 Å². The molecule has 0 radical (unpaired) electrons. The van der Waals surface area contributed by atoms with Crippen LogP contribution in [0.2, 0.25) is 0 Å². The first-order valence-corrected chi connectivity index (χ1v) is 9.05. The van der Waals surface area contributed by atoms with Crippen LogP contribution in [0.4, 0.5) is 5.69 Å². The van der Waals surface area contributed by atoms with Crippen molar-refractivity contribution in [2.75, 3.05) is 5.32 Å². The molecule has 0 atom stereocenters. The van der Waals surface area contributed by atoms with Crippen molar-refractivity contribution < 1.29 is 18.0 Å². The molecule has 0 spiro atoms. The Hall–Kier alpha value is -3.30. The van der Waals surface area contributed by atoms with Gasteiger partial charge in [-0.05, 0) is 30.3 Å². The number of benzene rings is 2. The van der Waals surface area contributed by atoms with Crippen molar-refractivity contribution in [1.29, 1.82) is 0 Å². The molecule has 3 N–H and O–H groups in total. The molecular formula is C17H12N4O4S. The third-order valence-electron chi connectivity index (χ3n) is 4.02. The molecule has 9 heteroatoms. The van der Waals surface area contributed by atoms with Gasteiger partial charge >= 0.3 is 0 Å². The zero-order valence-corrected chi connectivity index (χ0v) is 14.0. The SMILES string of the molecule is O=C(NNS(=O)(=O)c1ccc2c3c(cccc13)C(=O)N2)c1ccncc1. The van der Waals surface area contributed by atoms with Crippen molar-refractivity contribution in [1.82, 2.24) is 15.2 Å². The van der Waals surface area contributed by atoms with Gasteiger partial charge in [-0.25, -0.2) is 8.42 Å². The third kappa shape index (κ3) is 2.59. The highest BCUT2D eigenvalue weighted by molar-refractivity contribution is 7.89. The summed E-state index contributed by atoms with van der Waals surface area (Å²) in [4.78, 5) is 29.8. The summed E-state index contributed by atoms with van der Waals surface area (Å²) < 4.78 is 25.3. The van der Waals surface area contributed by atoms with E-state index < -0.39 is 15.9 Å². The van der Waals surface area contributed by atoms with Crippen LogP contribution in [0.25, 0.3) is 10.8 Å². The Kier molecular flexibility index (Phi) is 3.67. The fourth-order valence-electron chi connectivity index (χ4n) is 2.84. The third-order valence-corrected chi connectivity index (χ3v) is 5.33. The topological polar surface area (TPSA) is 117 Å². The van der Waals surface area contributed by atoms with E-state index in [-0.39, 0.29) is 16.4 Å². The summed E-state index contributed by atoms with van der Waals surface area (Å²) in [5, 5.41) is 3.63. The van der Waals surface area contributed by atoms with Gasteiger partial charge in [-0.3, -0.25) is 20.0 Å². The number of nitrogens with zero attached hydrogens (tertiary/aromatic N) is 1. The molecule has 0 saturated heterocycles. The summed E-state index contributed by atoms with van der Waals surface area (Å²) in [6, 6.07) is 10.7. The molecule has 2 heterocycles. The summed E-state index contributed by atoms with van der Waals surface area (Å²) in [6.07, 6.45) is 2.85. The van der Waals surface area contributed by atoms with Crippen molar-refractivity contribution in [3.05, 3.63) is 66.0 Å². The van der Waals surface area contributed by atoms with Gasteiger partial charge in [0.05, 0.1) is 4.90 Å². The lowest BCUT2D eigenvalue weighted by molar-refractivity contribution is 0.0944. The quantitative estimate of drug-likeness (QED) is 0.602. The molecule has 2 amide bonds. The van der Waals surface area contributed by atoms with Crippen LogP contribution in [0.3, 0.4) is 0 Å². The first-order valence-electron chi connectivity index (χ1n) is 7.56. The van der Waals surface area contributed by atoms with Crippen molar-refractivity contribution in [2.24, 2.45) is 0 Å². The van der Waals surface area contributed by atoms with Gasteiger partial charge in [0, 0.05) is 40.0 Å². The lowest BCUT2D eigenvalue weighted by Crippen LogP contribution is -2.41. The summed E-state index contributed by atoms with van der Waals surface area (Å²) in [7, 11) is -4.05. The minimum absolute atomic E-state index is 0.0374. The highest BCUT2D eigenvalue weighted by Crippen LogP contribution is 2.36. The number of amides is 2. The van der Waals surface area contributed by atoms with Crippen molar-refractivity contribution in [3.8, 4) is 0 Å². The van der Waals surface area contributed by atoms with Crippen LogP contribution in [0.1, 0.15) is 20.7 Å². The standard InChI is InChI=1S/C17H12N4O4S/c22-16(10-6-8-18-9-7-10)20-21-26(24,25)14-5-4-13-15-11(14)2-1-3-12(15)17(23)19-13/h1-9,21H,(H,19,23)(H,20,22). The average molecular weight is 368 g/mol. The highest BCUT2D eigenvalue weighted by atomic mass is 32.2. The second-order valence-electron chi connectivity index (χ2n) is 5.59. The van der Waals surface area contributed by atoms with E-state index >= 15 is 0 Å². The Morgan fingerprint density at radius 2 is 1.81 bits per heavy atom. The fourth-order valence-corrected chi connectivity index (χ4v) is 3.89. The number of nitrogens with one attached hydrogen (secondary N) is 3. The van der Waals surface area contributed by atoms with Gasteiger partial charge in [0.25, 0.3) is 21.8 Å². The molecule has 0 fully saturated rings. The van der Waals surface area contributed by atoms with Gasteiger partial charge in [0.1, 0.15) is 0 Å². The summed E-state index contributed by atoms with van der Waals surface area (Å²) >= 11 is 0. The first-order chi connectivity index (χ1) is 12.5. The molecule has 4 rings (SSSR count).